The van der Waals surface area contributed by atoms with Gasteiger partial charge in [-0.1, -0.05) is 0 Å². The highest BCUT2D eigenvalue weighted by molar-refractivity contribution is 5.58. The lowest BCUT2D eigenvalue weighted by Gasteiger charge is -2.36. The van der Waals surface area contributed by atoms with Crippen LogP contribution in [0.5, 0.6) is 0 Å². The summed E-state index contributed by atoms with van der Waals surface area (Å²) in [5.41, 5.74) is 1.15. The molecule has 0 spiro atoms. The van der Waals surface area contributed by atoms with Crippen LogP contribution in [0.4, 0.5) is 11.6 Å². The van der Waals surface area contributed by atoms with Crippen LogP contribution in [0.3, 0.4) is 0 Å². The average Bonchev–Trinajstić information content (AvgIpc) is 2.48. The maximum atomic E-state index is 4.49. The molecule has 2 rings (SSSR count). The Balaban J connectivity index is 1.94. The fourth-order valence-corrected chi connectivity index (χ4v) is 2.63. The molecule has 0 aromatic carbocycles. The third-order valence-electron chi connectivity index (χ3n) is 3.94. The van der Waals surface area contributed by atoms with E-state index in [1.165, 1.54) is 0 Å². The highest BCUT2D eigenvalue weighted by atomic mass is 15.3. The van der Waals surface area contributed by atoms with Gasteiger partial charge in [0.2, 0.25) is 0 Å². The number of nitrogens with zero attached hydrogens (tertiary/aromatic N) is 5. The normalized spacial score (nSPS) is 16.5. The van der Waals surface area contributed by atoms with E-state index in [0.29, 0.717) is 0 Å². The zero-order valence-corrected chi connectivity index (χ0v) is 13.8. The fourth-order valence-electron chi connectivity index (χ4n) is 2.63. The standard InChI is InChI=1S/C15H28N6/c1-5-16-14-13(2)15(18-12-17-14)21-10-8-20(9-11-21)7-6-19(3)4/h12H,5-11H2,1-4H3,(H,16,17,18). The van der Waals surface area contributed by atoms with E-state index in [4.69, 9.17) is 0 Å². The van der Waals surface area contributed by atoms with Gasteiger partial charge in [-0.05, 0) is 27.9 Å². The number of anilines is 2. The second-order valence-electron chi connectivity index (χ2n) is 5.83. The van der Waals surface area contributed by atoms with Gasteiger partial charge in [0, 0.05) is 51.4 Å². The summed E-state index contributed by atoms with van der Waals surface area (Å²) in [4.78, 5) is 16.0. The summed E-state index contributed by atoms with van der Waals surface area (Å²) in [6.07, 6.45) is 1.67. The predicted molar refractivity (Wildman–Crippen MR) is 88.1 cm³/mol. The monoisotopic (exact) mass is 292 g/mol. The Labute approximate surface area is 128 Å². The first kappa shape index (κ1) is 16.0. The molecule has 1 aliphatic heterocycles. The highest BCUT2D eigenvalue weighted by Gasteiger charge is 2.20. The molecule has 6 nitrogen and oxygen atoms in total. The first-order chi connectivity index (χ1) is 10.1. The zero-order chi connectivity index (χ0) is 15.2. The molecule has 0 bridgehead atoms. The van der Waals surface area contributed by atoms with Crippen LogP contribution < -0.4 is 10.2 Å². The van der Waals surface area contributed by atoms with Crippen LogP contribution in [-0.2, 0) is 0 Å². The first-order valence-corrected chi connectivity index (χ1v) is 7.79. The van der Waals surface area contributed by atoms with Crippen molar-refractivity contribution in [3.05, 3.63) is 11.9 Å². The molecular weight excluding hydrogens is 264 g/mol. The van der Waals surface area contributed by atoms with E-state index < -0.39 is 0 Å². The first-order valence-electron chi connectivity index (χ1n) is 7.79. The van der Waals surface area contributed by atoms with Crippen molar-refractivity contribution in [3.63, 3.8) is 0 Å². The average molecular weight is 292 g/mol. The van der Waals surface area contributed by atoms with Crippen LogP contribution in [-0.4, -0.2) is 79.7 Å². The number of hydrogen-bond donors (Lipinski definition) is 1. The molecule has 0 atom stereocenters. The number of aromatic nitrogens is 2. The Kier molecular flexibility index (Phi) is 5.76. The minimum atomic E-state index is 0.885. The van der Waals surface area contributed by atoms with E-state index in [0.717, 1.165) is 63.0 Å². The van der Waals surface area contributed by atoms with Crippen molar-refractivity contribution in [1.29, 1.82) is 0 Å². The number of nitrogens with one attached hydrogen (secondary N) is 1. The van der Waals surface area contributed by atoms with Gasteiger partial charge in [-0.3, -0.25) is 4.90 Å². The van der Waals surface area contributed by atoms with E-state index in [1.54, 1.807) is 6.33 Å². The maximum Gasteiger partial charge on any atom is 0.137 e. The van der Waals surface area contributed by atoms with Crippen LogP contribution in [0.1, 0.15) is 12.5 Å². The van der Waals surface area contributed by atoms with E-state index in [2.05, 4.69) is 57.9 Å². The molecule has 0 amide bonds. The van der Waals surface area contributed by atoms with E-state index in [1.807, 2.05) is 0 Å². The molecule has 0 radical (unpaired) electrons. The molecule has 1 aliphatic rings. The maximum absolute atomic E-state index is 4.49. The van der Waals surface area contributed by atoms with Crippen molar-refractivity contribution in [1.82, 2.24) is 19.8 Å². The summed E-state index contributed by atoms with van der Waals surface area (Å²) in [5, 5.41) is 3.30. The van der Waals surface area contributed by atoms with Gasteiger partial charge in [0.05, 0.1) is 0 Å². The molecule has 6 heteroatoms. The quantitative estimate of drug-likeness (QED) is 0.841. The lowest BCUT2D eigenvalue weighted by molar-refractivity contribution is 0.229. The SMILES string of the molecule is CCNc1ncnc(N2CCN(CCN(C)C)CC2)c1C. The summed E-state index contributed by atoms with van der Waals surface area (Å²) in [6.45, 7) is 11.6. The number of rotatable bonds is 6. The predicted octanol–water partition coefficient (Wildman–Crippen LogP) is 0.900. The summed E-state index contributed by atoms with van der Waals surface area (Å²) in [7, 11) is 4.26. The Morgan fingerprint density at radius 3 is 2.52 bits per heavy atom. The third-order valence-corrected chi connectivity index (χ3v) is 3.94. The van der Waals surface area contributed by atoms with Gasteiger partial charge >= 0.3 is 0 Å². The molecule has 21 heavy (non-hydrogen) atoms. The van der Waals surface area contributed by atoms with Crippen molar-refractivity contribution in [2.75, 3.05) is 70.1 Å². The number of likely N-dealkylation sites (N-methyl/N-ethyl adjacent to an activating group) is 1. The minimum Gasteiger partial charge on any atom is -0.370 e. The highest BCUT2D eigenvalue weighted by Crippen LogP contribution is 2.23. The Bertz CT molecular complexity index is 440. The van der Waals surface area contributed by atoms with Gasteiger partial charge < -0.3 is 15.1 Å². The molecule has 0 saturated carbocycles. The van der Waals surface area contributed by atoms with Crippen LogP contribution >= 0.6 is 0 Å². The van der Waals surface area contributed by atoms with Gasteiger partial charge in [0.25, 0.3) is 0 Å². The summed E-state index contributed by atoms with van der Waals surface area (Å²) in [6, 6.07) is 0. The molecule has 2 heterocycles. The number of hydrogen-bond acceptors (Lipinski definition) is 6. The van der Waals surface area contributed by atoms with Gasteiger partial charge in [0.15, 0.2) is 0 Å². The van der Waals surface area contributed by atoms with E-state index >= 15 is 0 Å². The van der Waals surface area contributed by atoms with Crippen molar-refractivity contribution in [2.45, 2.75) is 13.8 Å². The van der Waals surface area contributed by atoms with Gasteiger partial charge in [-0.15, -0.1) is 0 Å². The van der Waals surface area contributed by atoms with Gasteiger partial charge in [0.1, 0.15) is 18.0 Å². The number of piperazine rings is 1. The molecule has 0 aliphatic carbocycles. The molecule has 1 aromatic heterocycles. The van der Waals surface area contributed by atoms with Crippen molar-refractivity contribution in [3.8, 4) is 0 Å². The largest absolute Gasteiger partial charge is 0.370 e. The van der Waals surface area contributed by atoms with Crippen molar-refractivity contribution < 1.29 is 0 Å². The van der Waals surface area contributed by atoms with Crippen molar-refractivity contribution in [2.24, 2.45) is 0 Å². The molecular formula is C15H28N6. The Morgan fingerprint density at radius 1 is 1.19 bits per heavy atom. The smallest absolute Gasteiger partial charge is 0.137 e. The summed E-state index contributed by atoms with van der Waals surface area (Å²) in [5.74, 6) is 2.03. The second-order valence-corrected chi connectivity index (χ2v) is 5.83. The summed E-state index contributed by atoms with van der Waals surface area (Å²) < 4.78 is 0. The second kappa shape index (κ2) is 7.56. The molecule has 1 saturated heterocycles. The minimum absolute atomic E-state index is 0.885. The van der Waals surface area contributed by atoms with Gasteiger partial charge in [-0.2, -0.15) is 0 Å². The lowest BCUT2D eigenvalue weighted by atomic mass is 10.2. The Hall–Kier alpha value is -1.40. The molecule has 1 fully saturated rings. The fraction of sp³-hybridized carbons (Fsp3) is 0.733. The topological polar surface area (TPSA) is 47.5 Å². The van der Waals surface area contributed by atoms with Crippen molar-refractivity contribution >= 4 is 11.6 Å². The van der Waals surface area contributed by atoms with E-state index in [9.17, 15) is 0 Å². The van der Waals surface area contributed by atoms with Gasteiger partial charge in [-0.25, -0.2) is 9.97 Å². The Morgan fingerprint density at radius 2 is 1.90 bits per heavy atom. The molecule has 1 aromatic rings. The zero-order valence-electron chi connectivity index (χ0n) is 13.8. The molecule has 1 N–H and O–H groups in total. The summed E-state index contributed by atoms with van der Waals surface area (Å²) >= 11 is 0. The van der Waals surface area contributed by atoms with Crippen LogP contribution in [0, 0.1) is 6.92 Å². The van der Waals surface area contributed by atoms with Crippen LogP contribution in [0.25, 0.3) is 0 Å². The lowest BCUT2D eigenvalue weighted by Crippen LogP contribution is -2.48. The molecule has 118 valence electrons. The molecule has 0 unspecified atom stereocenters. The third kappa shape index (κ3) is 4.28. The van der Waals surface area contributed by atoms with Crippen LogP contribution in [0.15, 0.2) is 6.33 Å². The van der Waals surface area contributed by atoms with E-state index in [-0.39, 0.29) is 0 Å². The van der Waals surface area contributed by atoms with Crippen LogP contribution in [0.2, 0.25) is 0 Å².